The third-order valence-electron chi connectivity index (χ3n) is 5.76. The minimum Gasteiger partial charge on any atom is -0.484 e. The van der Waals surface area contributed by atoms with E-state index in [1.54, 1.807) is 29.2 Å². The smallest absolute Gasteiger partial charge is 0.255 e. The van der Waals surface area contributed by atoms with Crippen molar-refractivity contribution in [3.05, 3.63) is 59.7 Å². The number of para-hydroxylation sites is 1. The second-order valence-electron chi connectivity index (χ2n) is 7.94. The molecule has 0 radical (unpaired) electrons. The number of nitrogens with one attached hydrogen (secondary N) is 1. The number of fused-ring (bicyclic) bond motifs is 1. The molecule has 2 amide bonds. The third-order valence-corrected chi connectivity index (χ3v) is 6.89. The number of carbonyl (C=O) groups excluding carboxylic acids is 2. The van der Waals surface area contributed by atoms with Crippen molar-refractivity contribution in [2.24, 2.45) is 0 Å². The number of likely N-dealkylation sites (tertiary alicyclic amines) is 1. The van der Waals surface area contributed by atoms with Crippen molar-refractivity contribution >= 4 is 21.7 Å². The van der Waals surface area contributed by atoms with Gasteiger partial charge in [-0.15, -0.1) is 0 Å². The Hall–Kier alpha value is -2.87. The highest BCUT2D eigenvalue weighted by Crippen LogP contribution is 2.33. The summed E-state index contributed by atoms with van der Waals surface area (Å²) < 4.78 is 29.4. The molecule has 1 fully saturated rings. The number of piperidine rings is 1. The lowest BCUT2D eigenvalue weighted by Gasteiger charge is -2.41. The molecular weight excluding hydrogens is 404 g/mol. The normalized spacial score (nSPS) is 18.2. The van der Waals surface area contributed by atoms with E-state index in [9.17, 15) is 18.0 Å². The Morgan fingerprint density at radius 3 is 2.43 bits per heavy atom. The molecule has 2 aliphatic heterocycles. The number of hydrogen-bond donors (Lipinski definition) is 1. The summed E-state index contributed by atoms with van der Waals surface area (Å²) in [5, 5.41) is 2.95. The Morgan fingerprint density at radius 1 is 1.10 bits per heavy atom. The van der Waals surface area contributed by atoms with Crippen molar-refractivity contribution < 1.29 is 22.7 Å². The number of ether oxygens (including phenoxy) is 1. The van der Waals surface area contributed by atoms with E-state index in [4.69, 9.17) is 4.74 Å². The first-order valence-corrected chi connectivity index (χ1v) is 11.8. The highest BCUT2D eigenvalue weighted by Gasteiger charge is 2.40. The maximum Gasteiger partial charge on any atom is 0.255 e. The van der Waals surface area contributed by atoms with Gasteiger partial charge in [0.05, 0.1) is 23.4 Å². The van der Waals surface area contributed by atoms with Crippen molar-refractivity contribution in [1.82, 2.24) is 10.2 Å². The molecule has 30 heavy (non-hydrogen) atoms. The Morgan fingerprint density at radius 2 is 1.77 bits per heavy atom. The number of carbonyl (C=O) groups is 2. The summed E-state index contributed by atoms with van der Waals surface area (Å²) in [6.07, 6.45) is 2.63. The largest absolute Gasteiger partial charge is 0.484 e. The summed E-state index contributed by atoms with van der Waals surface area (Å²) in [6, 6.07) is 13.6. The highest BCUT2D eigenvalue weighted by molar-refractivity contribution is 7.90. The standard InChI is InChI=1S/C22H24N2O5S/c1-30(27,28)17-8-6-16(7-9-17)14-20(25)24-12-10-22(11-13-24)15-23-21(26)18-4-2-3-5-19(18)29-22/h2-9H,10-15H2,1H3,(H,23,26). The molecule has 1 N–H and O–H groups in total. The summed E-state index contributed by atoms with van der Waals surface area (Å²) in [5.41, 5.74) is 0.793. The summed E-state index contributed by atoms with van der Waals surface area (Å²) in [5.74, 6) is 0.437. The van der Waals surface area contributed by atoms with Gasteiger partial charge in [-0.1, -0.05) is 24.3 Å². The molecule has 2 aromatic carbocycles. The minimum atomic E-state index is -3.25. The van der Waals surface area contributed by atoms with E-state index in [0.717, 1.165) is 11.8 Å². The molecule has 7 nitrogen and oxygen atoms in total. The molecule has 4 rings (SSSR count). The van der Waals surface area contributed by atoms with E-state index >= 15 is 0 Å². The van der Waals surface area contributed by atoms with E-state index in [0.29, 0.717) is 43.8 Å². The van der Waals surface area contributed by atoms with Gasteiger partial charge in [-0.2, -0.15) is 0 Å². The van der Waals surface area contributed by atoms with Crippen molar-refractivity contribution in [1.29, 1.82) is 0 Å². The second-order valence-corrected chi connectivity index (χ2v) is 9.95. The minimum absolute atomic E-state index is 0.00462. The van der Waals surface area contributed by atoms with Gasteiger partial charge >= 0.3 is 0 Å². The zero-order chi connectivity index (χ0) is 21.4. The van der Waals surface area contributed by atoms with Crippen LogP contribution in [0, 0.1) is 0 Å². The van der Waals surface area contributed by atoms with Gasteiger partial charge in [0, 0.05) is 32.2 Å². The SMILES string of the molecule is CS(=O)(=O)c1ccc(CC(=O)N2CCC3(CC2)CNC(=O)c2ccccc2O3)cc1. The van der Waals surface area contributed by atoms with Gasteiger partial charge in [0.1, 0.15) is 11.4 Å². The highest BCUT2D eigenvalue weighted by atomic mass is 32.2. The number of sulfone groups is 1. The predicted molar refractivity (Wildman–Crippen MR) is 111 cm³/mol. The first kappa shape index (κ1) is 20.4. The van der Waals surface area contributed by atoms with E-state index in [1.165, 1.54) is 12.1 Å². The Labute approximate surface area is 175 Å². The topological polar surface area (TPSA) is 92.8 Å². The van der Waals surface area contributed by atoms with Crippen LogP contribution in [0.15, 0.2) is 53.4 Å². The van der Waals surface area contributed by atoms with Gasteiger partial charge in [-0.3, -0.25) is 9.59 Å². The van der Waals surface area contributed by atoms with Crippen LogP contribution in [0.3, 0.4) is 0 Å². The first-order valence-electron chi connectivity index (χ1n) is 9.89. The Bertz CT molecular complexity index is 1070. The van der Waals surface area contributed by atoms with Crippen LogP contribution in [-0.2, 0) is 21.1 Å². The Kier molecular flexibility index (Phi) is 5.27. The number of benzene rings is 2. The zero-order valence-corrected chi connectivity index (χ0v) is 17.6. The molecule has 1 saturated heterocycles. The molecule has 8 heteroatoms. The van der Waals surface area contributed by atoms with Crippen molar-refractivity contribution in [2.45, 2.75) is 29.8 Å². The number of rotatable bonds is 3. The van der Waals surface area contributed by atoms with Crippen LogP contribution in [0.2, 0.25) is 0 Å². The zero-order valence-electron chi connectivity index (χ0n) is 16.8. The summed E-state index contributed by atoms with van der Waals surface area (Å²) >= 11 is 0. The van der Waals surface area contributed by atoms with Crippen LogP contribution in [0.1, 0.15) is 28.8 Å². The number of amides is 2. The average Bonchev–Trinajstić information content (AvgIpc) is 2.85. The van der Waals surface area contributed by atoms with Crippen LogP contribution >= 0.6 is 0 Å². The molecule has 2 heterocycles. The van der Waals surface area contributed by atoms with Gasteiger partial charge in [-0.05, 0) is 29.8 Å². The molecule has 2 aromatic rings. The predicted octanol–water partition coefficient (Wildman–Crippen LogP) is 1.82. The lowest BCUT2D eigenvalue weighted by Crippen LogP contribution is -2.54. The average molecular weight is 429 g/mol. The molecule has 0 aromatic heterocycles. The molecule has 158 valence electrons. The second kappa shape index (κ2) is 7.75. The molecule has 0 aliphatic carbocycles. The van der Waals surface area contributed by atoms with E-state index in [2.05, 4.69) is 5.32 Å². The fourth-order valence-electron chi connectivity index (χ4n) is 3.93. The summed E-state index contributed by atoms with van der Waals surface area (Å²) in [7, 11) is -3.25. The maximum absolute atomic E-state index is 12.7. The number of nitrogens with zero attached hydrogens (tertiary/aromatic N) is 1. The van der Waals surface area contributed by atoms with E-state index in [-0.39, 0.29) is 23.1 Å². The van der Waals surface area contributed by atoms with Crippen molar-refractivity contribution in [3.63, 3.8) is 0 Å². The van der Waals surface area contributed by atoms with Gasteiger partial charge < -0.3 is 15.0 Å². The fraction of sp³-hybridized carbons (Fsp3) is 0.364. The van der Waals surface area contributed by atoms with Crippen LogP contribution in [0.25, 0.3) is 0 Å². The van der Waals surface area contributed by atoms with Crippen molar-refractivity contribution in [2.75, 3.05) is 25.9 Å². The maximum atomic E-state index is 12.7. The van der Waals surface area contributed by atoms with Crippen LogP contribution in [0.5, 0.6) is 5.75 Å². The molecule has 2 aliphatic rings. The first-order chi connectivity index (χ1) is 14.3. The van der Waals surface area contributed by atoms with Crippen LogP contribution in [0.4, 0.5) is 0 Å². The van der Waals surface area contributed by atoms with Crippen LogP contribution in [-0.4, -0.2) is 56.6 Å². The molecule has 0 atom stereocenters. The summed E-state index contributed by atoms with van der Waals surface area (Å²) in [6.45, 7) is 1.49. The van der Waals surface area contributed by atoms with Crippen LogP contribution < -0.4 is 10.1 Å². The van der Waals surface area contributed by atoms with Gasteiger partial charge in [-0.25, -0.2) is 8.42 Å². The molecule has 0 saturated carbocycles. The fourth-order valence-corrected chi connectivity index (χ4v) is 4.56. The lowest BCUT2D eigenvalue weighted by molar-refractivity contribution is -0.133. The monoisotopic (exact) mass is 428 g/mol. The molecule has 0 bridgehead atoms. The lowest BCUT2D eigenvalue weighted by atomic mass is 9.90. The van der Waals surface area contributed by atoms with E-state index < -0.39 is 15.4 Å². The third kappa shape index (κ3) is 4.18. The quantitative estimate of drug-likeness (QED) is 0.805. The summed E-state index contributed by atoms with van der Waals surface area (Å²) in [4.78, 5) is 27.1. The number of hydrogen-bond acceptors (Lipinski definition) is 5. The van der Waals surface area contributed by atoms with Gasteiger partial charge in [0.25, 0.3) is 5.91 Å². The van der Waals surface area contributed by atoms with E-state index in [1.807, 2.05) is 12.1 Å². The molecule has 1 spiro atoms. The van der Waals surface area contributed by atoms with Crippen molar-refractivity contribution in [3.8, 4) is 5.75 Å². The molecular formula is C22H24N2O5S. The molecule has 0 unspecified atom stereocenters. The van der Waals surface area contributed by atoms with Gasteiger partial charge in [0.2, 0.25) is 5.91 Å². The Balaban J connectivity index is 1.39. The van der Waals surface area contributed by atoms with Gasteiger partial charge in [0.15, 0.2) is 9.84 Å².